The lowest BCUT2D eigenvalue weighted by Gasteiger charge is -2.06. The van der Waals surface area contributed by atoms with Gasteiger partial charge in [-0.05, 0) is 31.9 Å². The molecule has 0 bridgehead atoms. The molecule has 0 atom stereocenters. The topological polar surface area (TPSA) is 42.8 Å². The van der Waals surface area contributed by atoms with Crippen LogP contribution >= 0.6 is 11.3 Å². The van der Waals surface area contributed by atoms with E-state index in [1.165, 1.54) is 5.71 Å². The first kappa shape index (κ1) is 15.8. The van der Waals surface area contributed by atoms with E-state index in [9.17, 15) is 0 Å². The molecule has 2 rings (SSSR count). The molecule has 0 N–H and O–H groups in total. The van der Waals surface area contributed by atoms with Crippen molar-refractivity contribution in [2.24, 2.45) is 10.1 Å². The van der Waals surface area contributed by atoms with E-state index in [1.807, 2.05) is 23.7 Å². The molecule has 114 valence electrons. The number of aromatic nitrogens is 1. The molecule has 2 aromatic rings. The second-order valence-corrected chi connectivity index (χ2v) is 5.67. The van der Waals surface area contributed by atoms with E-state index in [0.717, 1.165) is 48.5 Å². The number of thiazole rings is 1. The molecule has 2 heterocycles. The molecule has 0 aromatic carbocycles. The highest BCUT2D eigenvalue weighted by Crippen LogP contribution is 2.20. The molecule has 5 heteroatoms. The Morgan fingerprint density at radius 3 is 2.57 bits per heavy atom. The van der Waals surface area contributed by atoms with Crippen molar-refractivity contribution < 1.29 is 4.42 Å². The van der Waals surface area contributed by atoms with Gasteiger partial charge in [-0.1, -0.05) is 26.7 Å². The summed E-state index contributed by atoms with van der Waals surface area (Å²) in [6, 6.07) is 3.86. The zero-order valence-corrected chi connectivity index (χ0v) is 13.8. The van der Waals surface area contributed by atoms with Gasteiger partial charge in [-0.2, -0.15) is 5.10 Å². The SMILES string of the molecule is CCCC(CCC)=Nn1c(-c2ccco2)csc1=NCC. The summed E-state index contributed by atoms with van der Waals surface area (Å²) in [5.74, 6) is 0.833. The van der Waals surface area contributed by atoms with Crippen molar-refractivity contribution in [2.45, 2.75) is 46.5 Å². The monoisotopic (exact) mass is 305 g/mol. The van der Waals surface area contributed by atoms with Crippen molar-refractivity contribution in [2.75, 3.05) is 6.54 Å². The Morgan fingerprint density at radius 2 is 2.00 bits per heavy atom. The van der Waals surface area contributed by atoms with Crippen LogP contribution in [0.5, 0.6) is 0 Å². The molecule has 0 spiro atoms. The van der Waals surface area contributed by atoms with Crippen molar-refractivity contribution in [1.29, 1.82) is 0 Å². The Labute approximate surface area is 129 Å². The highest BCUT2D eigenvalue weighted by Gasteiger charge is 2.10. The van der Waals surface area contributed by atoms with Gasteiger partial charge in [0.15, 0.2) is 5.76 Å². The molecule has 21 heavy (non-hydrogen) atoms. The first-order valence-corrected chi connectivity index (χ1v) is 8.49. The van der Waals surface area contributed by atoms with E-state index in [1.54, 1.807) is 17.6 Å². The lowest BCUT2D eigenvalue weighted by molar-refractivity contribution is 0.575. The zero-order valence-electron chi connectivity index (χ0n) is 13.0. The summed E-state index contributed by atoms with van der Waals surface area (Å²) in [6.45, 7) is 7.17. The average Bonchev–Trinajstić information content (AvgIpc) is 3.10. The third-order valence-electron chi connectivity index (χ3n) is 3.07. The van der Waals surface area contributed by atoms with E-state index in [-0.39, 0.29) is 0 Å². The van der Waals surface area contributed by atoms with Crippen LogP contribution in [0.3, 0.4) is 0 Å². The second kappa shape index (κ2) is 7.98. The van der Waals surface area contributed by atoms with Gasteiger partial charge in [0.1, 0.15) is 5.69 Å². The van der Waals surface area contributed by atoms with Crippen LogP contribution in [0.2, 0.25) is 0 Å². The molecule has 0 aliphatic heterocycles. The summed E-state index contributed by atoms with van der Waals surface area (Å²) in [7, 11) is 0. The molecule has 0 aliphatic carbocycles. The van der Waals surface area contributed by atoms with Crippen molar-refractivity contribution in [3.8, 4) is 11.5 Å². The van der Waals surface area contributed by atoms with Crippen LogP contribution in [0.25, 0.3) is 11.5 Å². The summed E-state index contributed by atoms with van der Waals surface area (Å²) in [5, 5.41) is 6.92. The maximum Gasteiger partial charge on any atom is 0.206 e. The molecule has 4 nitrogen and oxygen atoms in total. The minimum atomic E-state index is 0.754. The molecule has 2 aromatic heterocycles. The molecule has 0 unspecified atom stereocenters. The normalized spacial score (nSPS) is 11.9. The van der Waals surface area contributed by atoms with Gasteiger partial charge in [0.2, 0.25) is 4.80 Å². The third-order valence-corrected chi connectivity index (χ3v) is 3.92. The summed E-state index contributed by atoms with van der Waals surface area (Å²) >= 11 is 1.61. The molecular weight excluding hydrogens is 282 g/mol. The summed E-state index contributed by atoms with van der Waals surface area (Å²) in [5.41, 5.74) is 2.20. The van der Waals surface area contributed by atoms with E-state index < -0.39 is 0 Å². The predicted molar refractivity (Wildman–Crippen MR) is 88.8 cm³/mol. The number of hydrogen-bond donors (Lipinski definition) is 0. The predicted octanol–water partition coefficient (Wildman–Crippen LogP) is 4.53. The average molecular weight is 305 g/mol. The van der Waals surface area contributed by atoms with Crippen LogP contribution < -0.4 is 4.80 Å². The largest absolute Gasteiger partial charge is 0.463 e. The van der Waals surface area contributed by atoms with Crippen molar-refractivity contribution in [3.63, 3.8) is 0 Å². The number of nitrogens with zero attached hydrogens (tertiary/aromatic N) is 3. The Bertz CT molecular complexity index is 627. The quantitative estimate of drug-likeness (QED) is 0.693. The smallest absolute Gasteiger partial charge is 0.206 e. The molecule has 0 amide bonds. The minimum Gasteiger partial charge on any atom is -0.463 e. The van der Waals surface area contributed by atoms with Gasteiger partial charge in [0.05, 0.1) is 6.26 Å². The van der Waals surface area contributed by atoms with E-state index in [2.05, 4.69) is 24.2 Å². The van der Waals surface area contributed by atoms with Gasteiger partial charge >= 0.3 is 0 Å². The fraction of sp³-hybridized carbons (Fsp3) is 0.500. The Balaban J connectivity index is 2.51. The van der Waals surface area contributed by atoms with Gasteiger partial charge in [0, 0.05) is 17.6 Å². The zero-order chi connectivity index (χ0) is 15.1. The van der Waals surface area contributed by atoms with Crippen molar-refractivity contribution >= 4 is 17.0 Å². The lowest BCUT2D eigenvalue weighted by atomic mass is 10.1. The Morgan fingerprint density at radius 1 is 1.24 bits per heavy atom. The maximum absolute atomic E-state index is 5.53. The molecule has 0 fully saturated rings. The van der Waals surface area contributed by atoms with Crippen LogP contribution in [-0.4, -0.2) is 16.9 Å². The van der Waals surface area contributed by atoms with Crippen LogP contribution in [0.15, 0.2) is 38.3 Å². The first-order chi connectivity index (χ1) is 10.3. The molecule has 0 radical (unpaired) electrons. The van der Waals surface area contributed by atoms with Crippen molar-refractivity contribution in [3.05, 3.63) is 28.6 Å². The summed E-state index contributed by atoms with van der Waals surface area (Å²) < 4.78 is 7.47. The van der Waals surface area contributed by atoms with E-state index >= 15 is 0 Å². The van der Waals surface area contributed by atoms with Crippen LogP contribution in [0, 0.1) is 0 Å². The highest BCUT2D eigenvalue weighted by atomic mass is 32.1. The molecule has 0 saturated heterocycles. The van der Waals surface area contributed by atoms with Gasteiger partial charge in [-0.15, -0.1) is 11.3 Å². The van der Waals surface area contributed by atoms with Gasteiger partial charge in [-0.3, -0.25) is 4.99 Å². The van der Waals surface area contributed by atoms with Crippen LogP contribution in [-0.2, 0) is 0 Å². The molecular formula is C16H23N3OS. The maximum atomic E-state index is 5.53. The fourth-order valence-corrected chi connectivity index (χ4v) is 3.05. The van der Waals surface area contributed by atoms with Gasteiger partial charge < -0.3 is 4.42 Å². The number of hydrogen-bond acceptors (Lipinski definition) is 4. The second-order valence-electron chi connectivity index (χ2n) is 4.83. The van der Waals surface area contributed by atoms with Crippen LogP contribution in [0.1, 0.15) is 46.5 Å². The van der Waals surface area contributed by atoms with E-state index in [0.29, 0.717) is 0 Å². The van der Waals surface area contributed by atoms with Gasteiger partial charge in [-0.25, -0.2) is 4.68 Å². The van der Waals surface area contributed by atoms with Crippen LogP contribution in [0.4, 0.5) is 0 Å². The minimum absolute atomic E-state index is 0.754. The Kier molecular flexibility index (Phi) is 5.99. The summed E-state index contributed by atoms with van der Waals surface area (Å²) in [4.78, 5) is 5.47. The van der Waals surface area contributed by atoms with E-state index in [4.69, 9.17) is 9.52 Å². The molecule has 0 saturated carbocycles. The highest BCUT2D eigenvalue weighted by molar-refractivity contribution is 7.07. The lowest BCUT2D eigenvalue weighted by Crippen LogP contribution is -2.15. The number of furan rings is 1. The number of rotatable bonds is 7. The molecule has 0 aliphatic rings. The first-order valence-electron chi connectivity index (χ1n) is 7.61. The standard InChI is InChI=1S/C16H23N3OS/c1-4-8-13(9-5-2)18-19-14(15-10-7-11-20-15)12-21-16(19)17-6-3/h7,10-12H,4-6,8-9H2,1-3H3. The fourth-order valence-electron chi connectivity index (χ4n) is 2.18. The summed E-state index contributed by atoms with van der Waals surface area (Å²) in [6.07, 6.45) is 5.97. The third kappa shape index (κ3) is 3.94. The van der Waals surface area contributed by atoms with Gasteiger partial charge in [0.25, 0.3) is 0 Å². The van der Waals surface area contributed by atoms with Crippen molar-refractivity contribution in [1.82, 2.24) is 4.68 Å². The Hall–Kier alpha value is -1.62.